The molecule has 112 valence electrons. The first-order chi connectivity index (χ1) is 10.2. The first-order valence-electron chi connectivity index (χ1n) is 7.01. The smallest absolute Gasteiger partial charge is 0.0953 e. The van der Waals surface area contributed by atoms with Gasteiger partial charge in [-0.1, -0.05) is 63.0 Å². The van der Waals surface area contributed by atoms with Crippen LogP contribution in [0.3, 0.4) is 0 Å². The molecule has 0 spiro atoms. The topological polar surface area (TPSA) is 21.3 Å². The molecule has 2 aromatic rings. The van der Waals surface area contributed by atoms with E-state index in [9.17, 15) is 0 Å². The summed E-state index contributed by atoms with van der Waals surface area (Å²) in [5.74, 6) is 0. The lowest BCUT2D eigenvalue weighted by atomic mass is 10.1. The Bertz CT molecular complexity index is 540. The number of hydrogen-bond donors (Lipinski definition) is 1. The molecule has 21 heavy (non-hydrogen) atoms. The van der Waals surface area contributed by atoms with Gasteiger partial charge in [0.25, 0.3) is 0 Å². The lowest BCUT2D eigenvalue weighted by Crippen LogP contribution is -2.23. The first kappa shape index (κ1) is 16.7. The monoisotopic (exact) mass is 411 g/mol. The third-order valence-corrected chi connectivity index (χ3v) is 4.24. The van der Waals surface area contributed by atoms with Crippen molar-refractivity contribution in [1.29, 1.82) is 0 Å². The molecular formula is C17H19Br2NO. The molecule has 1 unspecified atom stereocenters. The molecule has 0 amide bonds. The van der Waals surface area contributed by atoms with Crippen molar-refractivity contribution in [2.45, 2.75) is 19.6 Å². The highest BCUT2D eigenvalue weighted by Crippen LogP contribution is 2.21. The highest BCUT2D eigenvalue weighted by atomic mass is 79.9. The normalized spacial score (nSPS) is 12.3. The largest absolute Gasteiger partial charge is 0.368 e. The van der Waals surface area contributed by atoms with Crippen LogP contribution in [0.5, 0.6) is 0 Å². The Kier molecular flexibility index (Phi) is 6.90. The maximum Gasteiger partial charge on any atom is 0.0953 e. The molecule has 0 saturated heterocycles. The number of hydrogen-bond acceptors (Lipinski definition) is 2. The summed E-state index contributed by atoms with van der Waals surface area (Å²) in [5, 5.41) is 3.36. The van der Waals surface area contributed by atoms with Crippen LogP contribution in [0.1, 0.15) is 24.2 Å². The fraction of sp³-hybridized carbons (Fsp3) is 0.294. The van der Waals surface area contributed by atoms with Gasteiger partial charge < -0.3 is 10.1 Å². The maximum absolute atomic E-state index is 6.10. The molecule has 0 aliphatic rings. The fourth-order valence-corrected chi connectivity index (χ4v) is 2.53. The lowest BCUT2D eigenvalue weighted by Gasteiger charge is -2.19. The Morgan fingerprint density at radius 3 is 2.10 bits per heavy atom. The Hall–Kier alpha value is -0.680. The van der Waals surface area contributed by atoms with Crippen LogP contribution in [0.15, 0.2) is 57.5 Å². The predicted octanol–water partition coefficient (Wildman–Crippen LogP) is 5.08. The molecule has 0 fully saturated rings. The zero-order valence-corrected chi connectivity index (χ0v) is 15.2. The van der Waals surface area contributed by atoms with Crippen molar-refractivity contribution in [2.75, 3.05) is 13.1 Å². The summed E-state index contributed by atoms with van der Waals surface area (Å²) in [7, 11) is 0. The molecule has 2 nitrogen and oxygen atoms in total. The van der Waals surface area contributed by atoms with Crippen molar-refractivity contribution in [2.24, 2.45) is 0 Å². The van der Waals surface area contributed by atoms with Crippen LogP contribution in [-0.4, -0.2) is 13.1 Å². The summed E-state index contributed by atoms with van der Waals surface area (Å²) in [5.41, 5.74) is 2.37. The molecule has 0 saturated carbocycles. The molecule has 0 heterocycles. The van der Waals surface area contributed by atoms with E-state index in [1.54, 1.807) is 0 Å². The highest BCUT2D eigenvalue weighted by molar-refractivity contribution is 9.10. The van der Waals surface area contributed by atoms with Crippen molar-refractivity contribution in [1.82, 2.24) is 5.32 Å². The van der Waals surface area contributed by atoms with E-state index in [4.69, 9.17) is 4.74 Å². The number of benzene rings is 2. The summed E-state index contributed by atoms with van der Waals surface area (Å²) in [6.45, 7) is 4.47. The van der Waals surface area contributed by atoms with Gasteiger partial charge in [0, 0.05) is 15.5 Å². The lowest BCUT2D eigenvalue weighted by molar-refractivity contribution is 0.0401. The van der Waals surface area contributed by atoms with Crippen molar-refractivity contribution in [3.05, 3.63) is 68.6 Å². The average Bonchev–Trinajstić information content (AvgIpc) is 2.50. The summed E-state index contributed by atoms with van der Waals surface area (Å²) < 4.78 is 8.27. The van der Waals surface area contributed by atoms with Crippen molar-refractivity contribution in [3.63, 3.8) is 0 Å². The zero-order valence-electron chi connectivity index (χ0n) is 12.0. The van der Waals surface area contributed by atoms with Gasteiger partial charge in [0.1, 0.15) is 0 Å². The van der Waals surface area contributed by atoms with E-state index < -0.39 is 0 Å². The van der Waals surface area contributed by atoms with E-state index in [-0.39, 0.29) is 6.10 Å². The summed E-state index contributed by atoms with van der Waals surface area (Å²) in [6.07, 6.45) is 0.0571. The number of halogens is 2. The van der Waals surface area contributed by atoms with Gasteiger partial charge in [-0.25, -0.2) is 0 Å². The number of nitrogens with one attached hydrogen (secondary N) is 1. The van der Waals surface area contributed by atoms with E-state index in [0.29, 0.717) is 6.61 Å². The predicted molar refractivity (Wildman–Crippen MR) is 94.4 cm³/mol. The van der Waals surface area contributed by atoms with Crippen LogP contribution in [-0.2, 0) is 11.3 Å². The third kappa shape index (κ3) is 5.55. The minimum atomic E-state index is 0.0571. The van der Waals surface area contributed by atoms with Gasteiger partial charge in [-0.3, -0.25) is 0 Å². The molecule has 0 aliphatic carbocycles. The minimum absolute atomic E-state index is 0.0571. The molecule has 0 bridgehead atoms. The quantitative estimate of drug-likeness (QED) is 0.684. The molecule has 0 aliphatic heterocycles. The van der Waals surface area contributed by atoms with E-state index in [2.05, 4.69) is 80.5 Å². The van der Waals surface area contributed by atoms with E-state index in [1.165, 1.54) is 11.1 Å². The molecule has 2 rings (SSSR count). The number of ether oxygens (including phenoxy) is 1. The molecule has 0 radical (unpaired) electrons. The summed E-state index contributed by atoms with van der Waals surface area (Å²) in [6, 6.07) is 16.6. The van der Waals surface area contributed by atoms with Crippen molar-refractivity contribution < 1.29 is 4.74 Å². The zero-order chi connectivity index (χ0) is 15.1. The SMILES string of the molecule is CCNCC(OCc1ccc(Br)cc1)c1ccc(Br)cc1. The van der Waals surface area contributed by atoms with Gasteiger partial charge >= 0.3 is 0 Å². The van der Waals surface area contributed by atoms with Crippen molar-refractivity contribution >= 4 is 31.9 Å². The molecule has 4 heteroatoms. The molecule has 2 aromatic carbocycles. The fourth-order valence-electron chi connectivity index (χ4n) is 2.00. The van der Waals surface area contributed by atoms with Crippen LogP contribution in [0, 0.1) is 0 Å². The van der Waals surface area contributed by atoms with Crippen LogP contribution < -0.4 is 5.32 Å². The second-order valence-corrected chi connectivity index (χ2v) is 6.62. The standard InChI is InChI=1S/C17H19Br2NO/c1-2-20-11-17(14-5-9-16(19)10-6-14)21-12-13-3-7-15(18)8-4-13/h3-10,17,20H,2,11-12H2,1H3. The summed E-state index contributed by atoms with van der Waals surface area (Å²) >= 11 is 6.92. The Morgan fingerprint density at radius 1 is 0.952 bits per heavy atom. The highest BCUT2D eigenvalue weighted by Gasteiger charge is 2.11. The van der Waals surface area contributed by atoms with Gasteiger partial charge in [-0.05, 0) is 41.9 Å². The molecule has 0 aromatic heterocycles. The number of likely N-dealkylation sites (N-methyl/N-ethyl adjacent to an activating group) is 1. The second-order valence-electron chi connectivity index (χ2n) is 4.79. The third-order valence-electron chi connectivity index (χ3n) is 3.19. The van der Waals surface area contributed by atoms with Gasteiger partial charge in [-0.15, -0.1) is 0 Å². The van der Waals surface area contributed by atoms with Gasteiger partial charge in [-0.2, -0.15) is 0 Å². The van der Waals surface area contributed by atoms with Crippen LogP contribution >= 0.6 is 31.9 Å². The van der Waals surface area contributed by atoms with Gasteiger partial charge in [0.15, 0.2) is 0 Å². The van der Waals surface area contributed by atoms with E-state index in [1.807, 2.05) is 12.1 Å². The Balaban J connectivity index is 2.02. The van der Waals surface area contributed by atoms with Gasteiger partial charge in [0.2, 0.25) is 0 Å². The van der Waals surface area contributed by atoms with Crippen LogP contribution in [0.25, 0.3) is 0 Å². The maximum atomic E-state index is 6.10. The molecular weight excluding hydrogens is 394 g/mol. The average molecular weight is 413 g/mol. The van der Waals surface area contributed by atoms with E-state index in [0.717, 1.165) is 22.0 Å². The van der Waals surface area contributed by atoms with Crippen molar-refractivity contribution in [3.8, 4) is 0 Å². The first-order valence-corrected chi connectivity index (χ1v) is 8.60. The van der Waals surface area contributed by atoms with Crippen LogP contribution in [0.2, 0.25) is 0 Å². The second kappa shape index (κ2) is 8.69. The molecule has 1 N–H and O–H groups in total. The van der Waals surface area contributed by atoms with Crippen LogP contribution in [0.4, 0.5) is 0 Å². The van der Waals surface area contributed by atoms with E-state index >= 15 is 0 Å². The number of rotatable bonds is 7. The Labute approximate surface area is 143 Å². The Morgan fingerprint density at radius 2 is 1.52 bits per heavy atom. The minimum Gasteiger partial charge on any atom is -0.368 e. The molecule has 1 atom stereocenters. The van der Waals surface area contributed by atoms with Gasteiger partial charge in [0.05, 0.1) is 12.7 Å². The summed E-state index contributed by atoms with van der Waals surface area (Å²) in [4.78, 5) is 0.